The van der Waals surface area contributed by atoms with Crippen LogP contribution in [-0.2, 0) is 14.9 Å². The van der Waals surface area contributed by atoms with Gasteiger partial charge in [0.25, 0.3) is 0 Å². The molecule has 0 radical (unpaired) electrons. The monoisotopic (exact) mass is 625 g/mol. The van der Waals surface area contributed by atoms with Crippen molar-refractivity contribution in [3.8, 4) is 17.2 Å². The molecule has 3 aliphatic heterocycles. The lowest BCUT2D eigenvalue weighted by molar-refractivity contribution is -0.121. The van der Waals surface area contributed by atoms with Crippen LogP contribution in [0.3, 0.4) is 0 Å². The number of nitrogens with zero attached hydrogens (tertiary/aromatic N) is 5. The molecular weight excluding hydrogens is 586 g/mol. The van der Waals surface area contributed by atoms with E-state index in [1.54, 1.807) is 23.1 Å². The van der Waals surface area contributed by atoms with E-state index in [2.05, 4.69) is 52.3 Å². The third kappa shape index (κ3) is 6.12. The van der Waals surface area contributed by atoms with Crippen LogP contribution < -0.4 is 9.80 Å². The van der Waals surface area contributed by atoms with Gasteiger partial charge in [-0.2, -0.15) is 5.26 Å². The number of hydrogen-bond acceptors (Lipinski definition) is 6. The number of benzene rings is 3. The summed E-state index contributed by atoms with van der Waals surface area (Å²) >= 11 is 6.31. The van der Waals surface area contributed by atoms with E-state index in [9.17, 15) is 14.9 Å². The smallest absolute Gasteiger partial charge is 0.410 e. The molecule has 3 heterocycles. The van der Waals surface area contributed by atoms with Crippen molar-refractivity contribution in [2.75, 3.05) is 55.6 Å². The fourth-order valence-corrected chi connectivity index (χ4v) is 6.69. The number of nitriles is 1. The van der Waals surface area contributed by atoms with Crippen molar-refractivity contribution >= 4 is 40.7 Å². The number of fused-ring (bicyclic) bond motifs is 1. The van der Waals surface area contributed by atoms with Crippen LogP contribution in [0, 0.1) is 17.2 Å². The van der Waals surface area contributed by atoms with E-state index in [-0.39, 0.29) is 12.0 Å². The standard InChI is InChI=1S/C36H40ClN5O3/c1-35(2,3)45-34(44)40-16-14-39(15-17-40)21-24-22-41(23-24)28-10-6-25(7-11-28)26-9-13-32-30(18-26)36(4,5)33(43)42(32)29-12-8-27(20-38)31(37)19-29/h6-13,18-19,24H,14-17,21-23H2,1-5H3. The molecule has 0 atom stereocenters. The van der Waals surface area contributed by atoms with Crippen LogP contribution in [0.4, 0.5) is 21.9 Å². The molecule has 0 bridgehead atoms. The Morgan fingerprint density at radius 2 is 1.60 bits per heavy atom. The summed E-state index contributed by atoms with van der Waals surface area (Å²) in [5.41, 5.74) is 5.05. The maximum absolute atomic E-state index is 13.6. The predicted molar refractivity (Wildman–Crippen MR) is 178 cm³/mol. The van der Waals surface area contributed by atoms with E-state index in [4.69, 9.17) is 16.3 Å². The van der Waals surface area contributed by atoms with Crippen molar-refractivity contribution in [2.24, 2.45) is 5.92 Å². The van der Waals surface area contributed by atoms with Gasteiger partial charge in [-0.15, -0.1) is 0 Å². The lowest BCUT2D eigenvalue weighted by Gasteiger charge is -2.44. The number of carbonyl (C=O) groups is 2. The van der Waals surface area contributed by atoms with Crippen LogP contribution in [-0.4, -0.2) is 73.2 Å². The number of rotatable bonds is 5. The summed E-state index contributed by atoms with van der Waals surface area (Å²) in [5, 5.41) is 9.59. The first kappa shape index (κ1) is 30.9. The fraction of sp³-hybridized carbons (Fsp3) is 0.417. The van der Waals surface area contributed by atoms with Gasteiger partial charge < -0.3 is 14.5 Å². The Bertz CT molecular complexity index is 1660. The van der Waals surface area contributed by atoms with Gasteiger partial charge >= 0.3 is 6.09 Å². The molecule has 45 heavy (non-hydrogen) atoms. The molecule has 3 aliphatic rings. The molecule has 6 rings (SSSR count). The van der Waals surface area contributed by atoms with Crippen molar-refractivity contribution < 1.29 is 14.3 Å². The van der Waals surface area contributed by atoms with Crippen molar-refractivity contribution in [3.05, 3.63) is 76.8 Å². The molecule has 0 unspecified atom stereocenters. The Morgan fingerprint density at radius 3 is 2.22 bits per heavy atom. The highest BCUT2D eigenvalue weighted by molar-refractivity contribution is 6.32. The summed E-state index contributed by atoms with van der Waals surface area (Å²) in [6.07, 6.45) is -0.215. The molecule has 2 saturated heterocycles. The van der Waals surface area contributed by atoms with Gasteiger partial charge in [0, 0.05) is 57.4 Å². The van der Waals surface area contributed by atoms with E-state index in [1.165, 1.54) is 5.69 Å². The quantitative estimate of drug-likeness (QED) is 0.309. The summed E-state index contributed by atoms with van der Waals surface area (Å²) in [6, 6.07) is 22.0. The number of hydrogen-bond donors (Lipinski definition) is 0. The van der Waals surface area contributed by atoms with Gasteiger partial charge in [-0.05, 0) is 93.8 Å². The number of halogens is 1. The maximum Gasteiger partial charge on any atom is 0.410 e. The van der Waals surface area contributed by atoms with E-state index >= 15 is 0 Å². The van der Waals surface area contributed by atoms with E-state index < -0.39 is 11.0 Å². The number of carbonyl (C=O) groups excluding carboxylic acids is 2. The van der Waals surface area contributed by atoms with Crippen molar-refractivity contribution in [3.63, 3.8) is 0 Å². The first-order valence-electron chi connectivity index (χ1n) is 15.6. The fourth-order valence-electron chi connectivity index (χ4n) is 6.47. The first-order valence-corrected chi connectivity index (χ1v) is 16.0. The third-order valence-electron chi connectivity index (χ3n) is 9.04. The summed E-state index contributed by atoms with van der Waals surface area (Å²) < 4.78 is 5.52. The summed E-state index contributed by atoms with van der Waals surface area (Å²) in [7, 11) is 0. The van der Waals surface area contributed by atoms with Crippen LogP contribution in [0.15, 0.2) is 60.7 Å². The summed E-state index contributed by atoms with van der Waals surface area (Å²) in [6.45, 7) is 15.9. The molecule has 3 aromatic carbocycles. The maximum atomic E-state index is 13.6. The Morgan fingerprint density at radius 1 is 0.956 bits per heavy atom. The minimum absolute atomic E-state index is 0.0250. The van der Waals surface area contributed by atoms with Crippen molar-refractivity contribution in [1.82, 2.24) is 9.80 Å². The average Bonchev–Trinajstić information content (AvgIpc) is 3.18. The number of anilines is 3. The SMILES string of the molecule is CC(C)(C)OC(=O)N1CCN(CC2CN(c3ccc(-c4ccc5c(c4)C(C)(C)C(=O)N5c4ccc(C#N)c(Cl)c4)cc3)C2)CC1. The molecule has 0 aromatic heterocycles. The predicted octanol–water partition coefficient (Wildman–Crippen LogP) is 6.82. The molecule has 0 N–H and O–H groups in total. The Hall–Kier alpha value is -4.06. The largest absolute Gasteiger partial charge is 0.444 e. The first-order chi connectivity index (χ1) is 21.3. The molecule has 3 aromatic rings. The lowest BCUT2D eigenvalue weighted by atomic mass is 9.84. The highest BCUT2D eigenvalue weighted by atomic mass is 35.5. The zero-order chi connectivity index (χ0) is 32.1. The topological polar surface area (TPSA) is 80.1 Å². The number of piperazine rings is 1. The average molecular weight is 626 g/mol. The molecule has 9 heteroatoms. The zero-order valence-corrected chi connectivity index (χ0v) is 27.4. The highest BCUT2D eigenvalue weighted by Crippen LogP contribution is 2.47. The number of ether oxygens (including phenoxy) is 1. The second-order valence-electron chi connectivity index (χ2n) is 13.9. The van der Waals surface area contributed by atoms with Gasteiger partial charge in [-0.1, -0.05) is 29.8 Å². The molecule has 234 valence electrons. The van der Waals surface area contributed by atoms with Gasteiger partial charge in [0.05, 0.1) is 27.4 Å². The molecule has 0 saturated carbocycles. The molecule has 8 nitrogen and oxygen atoms in total. The highest BCUT2D eigenvalue weighted by Gasteiger charge is 2.45. The van der Waals surface area contributed by atoms with Crippen LogP contribution >= 0.6 is 11.6 Å². The lowest BCUT2D eigenvalue weighted by Crippen LogP contribution is -2.55. The summed E-state index contributed by atoms with van der Waals surface area (Å²) in [4.78, 5) is 34.3. The molecule has 2 fully saturated rings. The minimum atomic E-state index is -0.708. The van der Waals surface area contributed by atoms with E-state index in [1.807, 2.05) is 45.6 Å². The Kier molecular flexibility index (Phi) is 8.05. The van der Waals surface area contributed by atoms with Gasteiger partial charge in [0.2, 0.25) is 5.91 Å². The van der Waals surface area contributed by atoms with Gasteiger partial charge in [0.1, 0.15) is 11.7 Å². The van der Waals surface area contributed by atoms with Crippen molar-refractivity contribution in [1.29, 1.82) is 5.26 Å². The van der Waals surface area contributed by atoms with Crippen LogP contribution in [0.25, 0.3) is 11.1 Å². The van der Waals surface area contributed by atoms with Crippen molar-refractivity contribution in [2.45, 2.75) is 45.6 Å². The Labute approximate surface area is 270 Å². The van der Waals surface area contributed by atoms with Crippen LogP contribution in [0.5, 0.6) is 0 Å². The molecular formula is C36H40ClN5O3. The third-order valence-corrected chi connectivity index (χ3v) is 9.36. The summed E-state index contributed by atoms with van der Waals surface area (Å²) in [5.74, 6) is 0.589. The second-order valence-corrected chi connectivity index (χ2v) is 14.3. The number of amides is 2. The molecule has 2 amide bonds. The van der Waals surface area contributed by atoms with Gasteiger partial charge in [-0.25, -0.2) is 4.79 Å². The van der Waals surface area contributed by atoms with Gasteiger partial charge in [-0.3, -0.25) is 14.6 Å². The Balaban J connectivity index is 1.07. The molecule has 0 spiro atoms. The zero-order valence-electron chi connectivity index (χ0n) is 26.6. The van der Waals surface area contributed by atoms with Crippen LogP contribution in [0.1, 0.15) is 45.7 Å². The normalized spacial score (nSPS) is 18.4. The minimum Gasteiger partial charge on any atom is -0.444 e. The van der Waals surface area contributed by atoms with E-state index in [0.29, 0.717) is 35.3 Å². The van der Waals surface area contributed by atoms with Crippen LogP contribution in [0.2, 0.25) is 5.02 Å². The van der Waals surface area contributed by atoms with Gasteiger partial charge in [0.15, 0.2) is 0 Å². The molecule has 0 aliphatic carbocycles. The van der Waals surface area contributed by atoms with E-state index in [0.717, 1.165) is 55.1 Å². The second kappa shape index (κ2) is 11.7.